The molecule has 3 rings (SSSR count). The number of hydrogen-bond donors (Lipinski definition) is 0. The van der Waals surface area contributed by atoms with Gasteiger partial charge in [0.15, 0.2) is 0 Å². The molecule has 0 saturated heterocycles. The van der Waals surface area contributed by atoms with Crippen molar-refractivity contribution >= 4 is 38.5 Å². The molecule has 0 aliphatic heterocycles. The second kappa shape index (κ2) is 3.59. The summed E-state index contributed by atoms with van der Waals surface area (Å²) in [5, 5.41) is 0. The minimum absolute atomic E-state index is 1.07. The maximum atomic E-state index is 3.65. The first-order valence-corrected chi connectivity index (χ1v) is 6.69. The van der Waals surface area contributed by atoms with Crippen molar-refractivity contribution in [1.82, 2.24) is 0 Å². The lowest BCUT2D eigenvalue weighted by molar-refractivity contribution is 1.24. The topological polar surface area (TPSA) is 0 Å². The van der Waals surface area contributed by atoms with E-state index in [0.717, 1.165) is 6.42 Å². The normalized spacial score (nSPS) is 12.4. The summed E-state index contributed by atoms with van der Waals surface area (Å²) in [6.07, 6.45) is 1.07. The third-order valence-electron chi connectivity index (χ3n) is 2.86. The van der Waals surface area contributed by atoms with Crippen LogP contribution in [0.5, 0.6) is 0 Å². The molecular weight excluding hydrogens is 363 g/mol. The lowest BCUT2D eigenvalue weighted by Gasteiger charge is -2.05. The zero-order valence-electron chi connectivity index (χ0n) is 7.93. The van der Waals surface area contributed by atoms with Crippen molar-refractivity contribution in [2.24, 2.45) is 0 Å². The predicted octanol–water partition coefficient (Wildman–Crippen LogP) is 4.62. The monoisotopic (exact) mass is 370 g/mol. The zero-order valence-corrected chi connectivity index (χ0v) is 11.7. The SMILES string of the molecule is Brc1ccc(I)c2c1-c1ccccc1C2. The molecule has 1 aliphatic carbocycles. The van der Waals surface area contributed by atoms with E-state index in [-0.39, 0.29) is 0 Å². The van der Waals surface area contributed by atoms with E-state index in [1.807, 2.05) is 0 Å². The fourth-order valence-electron chi connectivity index (χ4n) is 2.17. The minimum Gasteiger partial charge on any atom is -0.0619 e. The maximum absolute atomic E-state index is 3.65. The van der Waals surface area contributed by atoms with Gasteiger partial charge in [0.25, 0.3) is 0 Å². The van der Waals surface area contributed by atoms with Crippen molar-refractivity contribution in [2.75, 3.05) is 0 Å². The highest BCUT2D eigenvalue weighted by atomic mass is 127. The van der Waals surface area contributed by atoms with Gasteiger partial charge in [-0.1, -0.05) is 40.2 Å². The van der Waals surface area contributed by atoms with Gasteiger partial charge in [-0.05, 0) is 57.8 Å². The van der Waals surface area contributed by atoms with Crippen LogP contribution in [0.25, 0.3) is 11.1 Å². The fourth-order valence-corrected chi connectivity index (χ4v) is 3.39. The summed E-state index contributed by atoms with van der Waals surface area (Å²) in [7, 11) is 0. The van der Waals surface area contributed by atoms with Gasteiger partial charge in [0.2, 0.25) is 0 Å². The van der Waals surface area contributed by atoms with Gasteiger partial charge in [-0.3, -0.25) is 0 Å². The van der Waals surface area contributed by atoms with Gasteiger partial charge in [0, 0.05) is 13.6 Å². The molecule has 74 valence electrons. The van der Waals surface area contributed by atoms with Crippen molar-refractivity contribution < 1.29 is 0 Å². The van der Waals surface area contributed by atoms with Gasteiger partial charge < -0.3 is 0 Å². The summed E-state index contributed by atoms with van der Waals surface area (Å²) in [5.41, 5.74) is 5.68. The van der Waals surface area contributed by atoms with Gasteiger partial charge in [0.05, 0.1) is 0 Å². The Kier molecular flexibility index (Phi) is 2.36. The molecule has 2 heteroatoms. The number of benzene rings is 2. The van der Waals surface area contributed by atoms with E-state index >= 15 is 0 Å². The molecular formula is C13H8BrI. The minimum atomic E-state index is 1.07. The standard InChI is InChI=1S/C13H8BrI/c14-11-5-6-12(15)10-7-8-3-1-2-4-9(8)13(10)11/h1-6H,7H2. The Balaban J connectivity index is 2.37. The Morgan fingerprint density at radius 1 is 1.07 bits per heavy atom. The van der Waals surface area contributed by atoms with Gasteiger partial charge in [-0.15, -0.1) is 0 Å². The highest BCUT2D eigenvalue weighted by Crippen LogP contribution is 2.42. The largest absolute Gasteiger partial charge is 0.0619 e. The Morgan fingerprint density at radius 2 is 1.87 bits per heavy atom. The average molecular weight is 371 g/mol. The first-order chi connectivity index (χ1) is 7.27. The molecule has 0 unspecified atom stereocenters. The smallest absolute Gasteiger partial charge is 0.0257 e. The molecule has 0 nitrogen and oxygen atoms in total. The molecule has 0 saturated carbocycles. The van der Waals surface area contributed by atoms with E-state index in [9.17, 15) is 0 Å². The van der Waals surface area contributed by atoms with Crippen LogP contribution in [0.1, 0.15) is 11.1 Å². The molecule has 0 bridgehead atoms. The molecule has 0 atom stereocenters. The first kappa shape index (κ1) is 9.85. The second-order valence-corrected chi connectivity index (χ2v) is 5.73. The number of hydrogen-bond acceptors (Lipinski definition) is 0. The molecule has 0 heterocycles. The molecule has 0 spiro atoms. The van der Waals surface area contributed by atoms with Gasteiger partial charge in [-0.25, -0.2) is 0 Å². The summed E-state index contributed by atoms with van der Waals surface area (Å²) in [6.45, 7) is 0. The van der Waals surface area contributed by atoms with Crippen LogP contribution in [0.3, 0.4) is 0 Å². The molecule has 1 aliphatic rings. The van der Waals surface area contributed by atoms with Crippen molar-refractivity contribution in [3.63, 3.8) is 0 Å². The molecule has 2 aromatic carbocycles. The summed E-state index contributed by atoms with van der Waals surface area (Å²) >= 11 is 6.07. The lowest BCUT2D eigenvalue weighted by Crippen LogP contribution is -1.86. The quantitative estimate of drug-likeness (QED) is 0.506. The molecule has 15 heavy (non-hydrogen) atoms. The highest BCUT2D eigenvalue weighted by molar-refractivity contribution is 14.1. The third kappa shape index (κ3) is 1.46. The Bertz CT molecular complexity index is 546. The molecule has 0 fully saturated rings. The van der Waals surface area contributed by atoms with E-state index in [1.165, 1.54) is 30.3 Å². The van der Waals surface area contributed by atoms with Crippen LogP contribution in [0.2, 0.25) is 0 Å². The highest BCUT2D eigenvalue weighted by Gasteiger charge is 2.21. The molecule has 0 amide bonds. The van der Waals surface area contributed by atoms with Crippen LogP contribution in [0.15, 0.2) is 40.9 Å². The van der Waals surface area contributed by atoms with Crippen LogP contribution >= 0.6 is 38.5 Å². The number of fused-ring (bicyclic) bond motifs is 3. The van der Waals surface area contributed by atoms with Gasteiger partial charge in [-0.2, -0.15) is 0 Å². The molecule has 0 N–H and O–H groups in total. The zero-order chi connectivity index (χ0) is 10.4. The van der Waals surface area contributed by atoms with Crippen LogP contribution in [0, 0.1) is 3.57 Å². The van der Waals surface area contributed by atoms with E-state index in [4.69, 9.17) is 0 Å². The summed E-state index contributed by atoms with van der Waals surface area (Å²) < 4.78 is 2.57. The van der Waals surface area contributed by atoms with E-state index in [1.54, 1.807) is 0 Å². The fraction of sp³-hybridized carbons (Fsp3) is 0.0769. The third-order valence-corrected chi connectivity index (χ3v) is 4.53. The Hall–Kier alpha value is -0.350. The summed E-state index contributed by atoms with van der Waals surface area (Å²) in [5.74, 6) is 0. The Labute approximate surface area is 111 Å². The predicted molar refractivity (Wildman–Crippen MR) is 75.1 cm³/mol. The molecule has 0 aromatic heterocycles. The first-order valence-electron chi connectivity index (χ1n) is 4.82. The van der Waals surface area contributed by atoms with E-state index in [2.05, 4.69) is 74.9 Å². The lowest BCUT2D eigenvalue weighted by atomic mass is 10.1. The molecule has 0 radical (unpaired) electrons. The molecule has 2 aromatic rings. The van der Waals surface area contributed by atoms with Crippen molar-refractivity contribution in [2.45, 2.75) is 6.42 Å². The average Bonchev–Trinajstić information content (AvgIpc) is 2.64. The number of halogens is 2. The van der Waals surface area contributed by atoms with Crippen LogP contribution < -0.4 is 0 Å². The number of rotatable bonds is 0. The van der Waals surface area contributed by atoms with Crippen molar-refractivity contribution in [1.29, 1.82) is 0 Å². The van der Waals surface area contributed by atoms with Crippen LogP contribution in [0.4, 0.5) is 0 Å². The van der Waals surface area contributed by atoms with Crippen molar-refractivity contribution in [3.05, 3.63) is 55.6 Å². The van der Waals surface area contributed by atoms with E-state index < -0.39 is 0 Å². The Morgan fingerprint density at radius 3 is 2.73 bits per heavy atom. The van der Waals surface area contributed by atoms with Crippen LogP contribution in [-0.2, 0) is 6.42 Å². The van der Waals surface area contributed by atoms with Gasteiger partial charge >= 0.3 is 0 Å². The maximum Gasteiger partial charge on any atom is 0.0257 e. The van der Waals surface area contributed by atoms with Crippen LogP contribution in [-0.4, -0.2) is 0 Å². The van der Waals surface area contributed by atoms with Crippen molar-refractivity contribution in [3.8, 4) is 11.1 Å². The van der Waals surface area contributed by atoms with Gasteiger partial charge in [0.1, 0.15) is 0 Å². The van der Waals surface area contributed by atoms with E-state index in [0.29, 0.717) is 0 Å². The second-order valence-electron chi connectivity index (χ2n) is 3.72. The summed E-state index contributed by atoms with van der Waals surface area (Å²) in [4.78, 5) is 0. The summed E-state index contributed by atoms with van der Waals surface area (Å²) in [6, 6.07) is 13.0.